The lowest BCUT2D eigenvalue weighted by Gasteiger charge is -2.15. The molecule has 0 amide bonds. The van der Waals surface area contributed by atoms with E-state index < -0.39 is 12.1 Å². The number of aliphatic hydroxyl groups is 1. The molecule has 0 bridgehead atoms. The van der Waals surface area contributed by atoms with Crippen LogP contribution in [0.3, 0.4) is 0 Å². The molecule has 1 unspecified atom stereocenters. The van der Waals surface area contributed by atoms with Crippen LogP contribution in [-0.4, -0.2) is 37.0 Å². The van der Waals surface area contributed by atoms with Gasteiger partial charge in [-0.15, -0.1) is 0 Å². The van der Waals surface area contributed by atoms with Crippen molar-refractivity contribution in [1.29, 1.82) is 0 Å². The van der Waals surface area contributed by atoms with Gasteiger partial charge in [0.25, 0.3) is 0 Å². The first-order valence-electron chi connectivity index (χ1n) is 4.66. The Balaban J connectivity index is 3.78. The zero-order valence-corrected chi connectivity index (χ0v) is 8.78. The minimum absolute atomic E-state index is 0.226. The fraction of sp³-hybridized carbons (Fsp3) is 0.700. The van der Waals surface area contributed by atoms with Crippen molar-refractivity contribution in [2.75, 3.05) is 19.8 Å². The van der Waals surface area contributed by atoms with Gasteiger partial charge in [-0.3, -0.25) is 0 Å². The lowest BCUT2D eigenvalue weighted by atomic mass is 10.3. The van der Waals surface area contributed by atoms with Gasteiger partial charge in [0.15, 0.2) is 0 Å². The summed E-state index contributed by atoms with van der Waals surface area (Å²) in [6.45, 7) is 7.57. The van der Waals surface area contributed by atoms with Crippen molar-refractivity contribution in [3.8, 4) is 0 Å². The van der Waals surface area contributed by atoms with Crippen LogP contribution in [0.4, 0.5) is 0 Å². The standard InChI is InChI=1S/C10H18O4/c1-4-5-13-7-9(6-11)14-10(12)8(2)3/h9,11H,2,4-7H2,1,3H3. The summed E-state index contributed by atoms with van der Waals surface area (Å²) in [5.41, 5.74) is 0.318. The van der Waals surface area contributed by atoms with E-state index in [1.807, 2.05) is 6.92 Å². The van der Waals surface area contributed by atoms with Gasteiger partial charge in [0.2, 0.25) is 0 Å². The first-order valence-corrected chi connectivity index (χ1v) is 4.66. The van der Waals surface area contributed by atoms with Crippen molar-refractivity contribution in [3.63, 3.8) is 0 Å². The molecule has 0 heterocycles. The smallest absolute Gasteiger partial charge is 0.333 e. The third kappa shape index (κ3) is 5.72. The number of hydrogen-bond acceptors (Lipinski definition) is 4. The van der Waals surface area contributed by atoms with Gasteiger partial charge >= 0.3 is 5.97 Å². The molecule has 0 aliphatic carbocycles. The van der Waals surface area contributed by atoms with Crippen LogP contribution in [0.2, 0.25) is 0 Å². The monoisotopic (exact) mass is 202 g/mol. The van der Waals surface area contributed by atoms with Gasteiger partial charge in [-0.2, -0.15) is 0 Å². The normalized spacial score (nSPS) is 12.2. The topological polar surface area (TPSA) is 55.8 Å². The molecule has 0 saturated heterocycles. The maximum absolute atomic E-state index is 11.1. The van der Waals surface area contributed by atoms with E-state index in [9.17, 15) is 4.79 Å². The third-order valence-corrected chi connectivity index (χ3v) is 1.48. The summed E-state index contributed by atoms with van der Waals surface area (Å²) >= 11 is 0. The zero-order chi connectivity index (χ0) is 11.0. The fourth-order valence-corrected chi connectivity index (χ4v) is 0.735. The molecule has 0 fully saturated rings. The molecule has 1 atom stereocenters. The number of hydrogen-bond donors (Lipinski definition) is 1. The van der Waals surface area contributed by atoms with Gasteiger partial charge in [-0.05, 0) is 13.3 Å². The second kappa shape index (κ2) is 7.53. The molecular weight excluding hydrogens is 184 g/mol. The van der Waals surface area contributed by atoms with Gasteiger partial charge in [0, 0.05) is 12.2 Å². The second-order valence-electron chi connectivity index (χ2n) is 3.07. The zero-order valence-electron chi connectivity index (χ0n) is 8.78. The van der Waals surface area contributed by atoms with Crippen LogP contribution in [0.15, 0.2) is 12.2 Å². The van der Waals surface area contributed by atoms with E-state index in [1.165, 1.54) is 0 Å². The maximum atomic E-state index is 11.1. The van der Waals surface area contributed by atoms with E-state index in [0.29, 0.717) is 12.2 Å². The van der Waals surface area contributed by atoms with Crippen molar-refractivity contribution in [3.05, 3.63) is 12.2 Å². The Bertz CT molecular complexity index is 189. The highest BCUT2D eigenvalue weighted by atomic mass is 16.6. The molecule has 82 valence electrons. The number of aliphatic hydroxyl groups excluding tert-OH is 1. The van der Waals surface area contributed by atoms with Crippen molar-refractivity contribution in [1.82, 2.24) is 0 Å². The number of rotatable bonds is 7. The number of esters is 1. The molecule has 4 heteroatoms. The van der Waals surface area contributed by atoms with Crippen LogP contribution in [0.25, 0.3) is 0 Å². The van der Waals surface area contributed by atoms with Gasteiger partial charge < -0.3 is 14.6 Å². The van der Waals surface area contributed by atoms with E-state index >= 15 is 0 Å². The lowest BCUT2D eigenvalue weighted by Crippen LogP contribution is -2.27. The van der Waals surface area contributed by atoms with Gasteiger partial charge in [0.05, 0.1) is 13.2 Å². The van der Waals surface area contributed by atoms with Gasteiger partial charge in [-0.25, -0.2) is 4.79 Å². The van der Waals surface area contributed by atoms with Crippen LogP contribution in [0.5, 0.6) is 0 Å². The van der Waals surface area contributed by atoms with Crippen LogP contribution in [0, 0.1) is 0 Å². The molecule has 1 N–H and O–H groups in total. The summed E-state index contributed by atoms with van der Waals surface area (Å²) in [6.07, 6.45) is 0.304. The molecule has 0 aromatic rings. The second-order valence-corrected chi connectivity index (χ2v) is 3.07. The Morgan fingerprint density at radius 2 is 2.21 bits per heavy atom. The Morgan fingerprint density at radius 1 is 1.57 bits per heavy atom. The summed E-state index contributed by atoms with van der Waals surface area (Å²) in [5.74, 6) is -0.496. The summed E-state index contributed by atoms with van der Waals surface area (Å²) in [6, 6.07) is 0. The highest BCUT2D eigenvalue weighted by Gasteiger charge is 2.13. The lowest BCUT2D eigenvalue weighted by molar-refractivity contribution is -0.149. The summed E-state index contributed by atoms with van der Waals surface area (Å²) in [7, 11) is 0. The molecule has 0 rings (SSSR count). The molecular formula is C10H18O4. The van der Waals surface area contributed by atoms with Crippen molar-refractivity contribution in [2.45, 2.75) is 26.4 Å². The average molecular weight is 202 g/mol. The molecule has 0 aliphatic rings. The van der Waals surface area contributed by atoms with E-state index in [2.05, 4.69) is 6.58 Å². The van der Waals surface area contributed by atoms with E-state index in [0.717, 1.165) is 6.42 Å². The van der Waals surface area contributed by atoms with E-state index in [-0.39, 0.29) is 13.2 Å². The molecule has 0 aliphatic heterocycles. The maximum Gasteiger partial charge on any atom is 0.333 e. The fourth-order valence-electron chi connectivity index (χ4n) is 0.735. The minimum atomic E-state index is -0.592. The first kappa shape index (κ1) is 13.1. The highest BCUT2D eigenvalue weighted by Crippen LogP contribution is 1.99. The molecule has 0 radical (unpaired) electrons. The molecule has 0 spiro atoms. The van der Waals surface area contributed by atoms with E-state index in [1.54, 1.807) is 6.92 Å². The molecule has 0 aromatic carbocycles. The Morgan fingerprint density at radius 3 is 2.64 bits per heavy atom. The Labute approximate surface area is 84.5 Å². The van der Waals surface area contributed by atoms with Gasteiger partial charge in [0.1, 0.15) is 6.10 Å². The first-order chi connectivity index (χ1) is 6.61. The predicted molar refractivity (Wildman–Crippen MR) is 52.9 cm³/mol. The van der Waals surface area contributed by atoms with Crippen LogP contribution in [0.1, 0.15) is 20.3 Å². The molecule has 14 heavy (non-hydrogen) atoms. The predicted octanol–water partition coefficient (Wildman–Crippen LogP) is 0.893. The van der Waals surface area contributed by atoms with Crippen molar-refractivity contribution >= 4 is 5.97 Å². The summed E-state index contributed by atoms with van der Waals surface area (Å²) in [4.78, 5) is 11.1. The summed E-state index contributed by atoms with van der Waals surface area (Å²) < 4.78 is 10.0. The molecule has 0 saturated carbocycles. The van der Waals surface area contributed by atoms with Crippen LogP contribution < -0.4 is 0 Å². The quantitative estimate of drug-likeness (QED) is 0.378. The van der Waals surface area contributed by atoms with E-state index in [4.69, 9.17) is 14.6 Å². The van der Waals surface area contributed by atoms with Crippen molar-refractivity contribution < 1.29 is 19.4 Å². The number of carbonyl (C=O) groups is 1. The summed E-state index contributed by atoms with van der Waals surface area (Å²) in [5, 5.41) is 8.87. The minimum Gasteiger partial charge on any atom is -0.454 e. The van der Waals surface area contributed by atoms with Crippen molar-refractivity contribution in [2.24, 2.45) is 0 Å². The number of ether oxygens (including phenoxy) is 2. The highest BCUT2D eigenvalue weighted by molar-refractivity contribution is 5.87. The Hall–Kier alpha value is -0.870. The Kier molecular flexibility index (Phi) is 7.06. The number of carbonyl (C=O) groups excluding carboxylic acids is 1. The van der Waals surface area contributed by atoms with Gasteiger partial charge in [-0.1, -0.05) is 13.5 Å². The largest absolute Gasteiger partial charge is 0.454 e. The van der Waals surface area contributed by atoms with Crippen LogP contribution >= 0.6 is 0 Å². The SMILES string of the molecule is C=C(C)C(=O)OC(CO)COCCC. The average Bonchev–Trinajstić information content (AvgIpc) is 2.16. The molecule has 4 nitrogen and oxygen atoms in total. The third-order valence-electron chi connectivity index (χ3n) is 1.48. The molecule has 0 aromatic heterocycles. The van der Waals surface area contributed by atoms with Crippen LogP contribution in [-0.2, 0) is 14.3 Å².